The first-order valence-electron chi connectivity index (χ1n) is 9.12. The van der Waals surface area contributed by atoms with Crippen LogP contribution in [0, 0.1) is 0 Å². The second-order valence-electron chi connectivity index (χ2n) is 6.81. The van der Waals surface area contributed by atoms with Crippen molar-refractivity contribution >= 4 is 0 Å². The number of aromatic nitrogens is 3. The normalized spacial score (nSPS) is 18.0. The molecular weight excluding hydrogens is 324 g/mol. The average Bonchev–Trinajstić information content (AvgIpc) is 3.24. The van der Waals surface area contributed by atoms with Gasteiger partial charge in [0.25, 0.3) is 0 Å². The highest BCUT2D eigenvalue weighted by atomic mass is 16.5. The van der Waals surface area contributed by atoms with Crippen molar-refractivity contribution in [2.75, 3.05) is 20.2 Å². The molecule has 1 aliphatic heterocycles. The van der Waals surface area contributed by atoms with E-state index in [-0.39, 0.29) is 0 Å². The van der Waals surface area contributed by atoms with Gasteiger partial charge in [0.1, 0.15) is 17.9 Å². The Bertz CT molecular complexity index is 829. The molecule has 1 fully saturated rings. The quantitative estimate of drug-likeness (QED) is 0.706. The third-order valence-corrected chi connectivity index (χ3v) is 5.01. The zero-order chi connectivity index (χ0) is 17.8. The Morgan fingerprint density at radius 3 is 2.81 bits per heavy atom. The topological polar surface area (TPSA) is 43.2 Å². The van der Waals surface area contributed by atoms with Crippen LogP contribution in [0.4, 0.5) is 0 Å². The predicted octanol–water partition coefficient (Wildman–Crippen LogP) is 3.66. The Hall–Kier alpha value is -2.66. The van der Waals surface area contributed by atoms with Gasteiger partial charge < -0.3 is 4.74 Å². The maximum atomic E-state index is 5.25. The van der Waals surface area contributed by atoms with Gasteiger partial charge in [-0.2, -0.15) is 0 Å². The van der Waals surface area contributed by atoms with Gasteiger partial charge in [0.2, 0.25) is 0 Å². The molecule has 1 atom stereocenters. The van der Waals surface area contributed by atoms with Crippen LogP contribution >= 0.6 is 0 Å². The van der Waals surface area contributed by atoms with Crippen molar-refractivity contribution in [3.63, 3.8) is 0 Å². The standard InChI is InChI=1S/C21H24N4O/c1-26-19-9-7-17(8-10-19)14-24-12-3-4-18(15-24)20-5-2-6-21(23-20)25-13-11-22-16-25/h2,5-11,13,16,18H,3-4,12,14-15H2,1H3/t18-/m1/s1. The molecule has 3 heterocycles. The number of piperidine rings is 1. The maximum Gasteiger partial charge on any atom is 0.138 e. The van der Waals surface area contributed by atoms with Crippen LogP contribution in [-0.2, 0) is 6.54 Å². The lowest BCUT2D eigenvalue weighted by atomic mass is 9.94. The van der Waals surface area contributed by atoms with Crippen molar-refractivity contribution in [2.45, 2.75) is 25.3 Å². The summed E-state index contributed by atoms with van der Waals surface area (Å²) in [5, 5.41) is 0. The van der Waals surface area contributed by atoms with Crippen LogP contribution in [0.3, 0.4) is 0 Å². The monoisotopic (exact) mass is 348 g/mol. The molecule has 0 bridgehead atoms. The van der Waals surface area contributed by atoms with Gasteiger partial charge in [-0.15, -0.1) is 0 Å². The van der Waals surface area contributed by atoms with E-state index in [1.165, 1.54) is 24.1 Å². The summed E-state index contributed by atoms with van der Waals surface area (Å²) in [6, 6.07) is 14.7. The van der Waals surface area contributed by atoms with Gasteiger partial charge in [0.15, 0.2) is 0 Å². The smallest absolute Gasteiger partial charge is 0.138 e. The summed E-state index contributed by atoms with van der Waals surface area (Å²) in [5.41, 5.74) is 2.50. The number of hydrogen-bond donors (Lipinski definition) is 0. The van der Waals surface area contributed by atoms with Gasteiger partial charge in [0, 0.05) is 37.1 Å². The molecule has 1 aliphatic rings. The van der Waals surface area contributed by atoms with E-state index in [1.54, 1.807) is 19.6 Å². The summed E-state index contributed by atoms with van der Waals surface area (Å²) in [6.07, 6.45) is 7.91. The van der Waals surface area contributed by atoms with Gasteiger partial charge in [-0.05, 0) is 49.2 Å². The largest absolute Gasteiger partial charge is 0.497 e. The van der Waals surface area contributed by atoms with Crippen LogP contribution in [0.5, 0.6) is 5.75 Å². The third kappa shape index (κ3) is 3.78. The molecular formula is C21H24N4O. The molecule has 1 saturated heterocycles. The average molecular weight is 348 g/mol. The Balaban J connectivity index is 1.45. The summed E-state index contributed by atoms with van der Waals surface area (Å²) in [5.74, 6) is 2.32. The second kappa shape index (κ2) is 7.70. The van der Waals surface area contributed by atoms with Crippen LogP contribution < -0.4 is 4.74 Å². The van der Waals surface area contributed by atoms with E-state index >= 15 is 0 Å². The summed E-state index contributed by atoms with van der Waals surface area (Å²) in [4.78, 5) is 11.5. The molecule has 0 N–H and O–H groups in total. The number of ether oxygens (including phenoxy) is 1. The Labute approximate surface area is 154 Å². The van der Waals surface area contributed by atoms with E-state index in [2.05, 4.69) is 34.1 Å². The second-order valence-corrected chi connectivity index (χ2v) is 6.81. The molecule has 26 heavy (non-hydrogen) atoms. The zero-order valence-electron chi connectivity index (χ0n) is 15.1. The minimum atomic E-state index is 0.477. The first-order valence-corrected chi connectivity index (χ1v) is 9.12. The molecule has 1 aromatic carbocycles. The van der Waals surface area contributed by atoms with Crippen molar-refractivity contribution in [1.82, 2.24) is 19.4 Å². The van der Waals surface area contributed by atoms with Crippen LogP contribution in [0.25, 0.3) is 5.82 Å². The summed E-state index contributed by atoms with van der Waals surface area (Å²) >= 11 is 0. The summed E-state index contributed by atoms with van der Waals surface area (Å²) in [6.45, 7) is 3.16. The van der Waals surface area contributed by atoms with Crippen LogP contribution in [0.2, 0.25) is 0 Å². The highest BCUT2D eigenvalue weighted by Gasteiger charge is 2.22. The van der Waals surface area contributed by atoms with Crippen LogP contribution in [-0.4, -0.2) is 39.6 Å². The minimum Gasteiger partial charge on any atom is -0.497 e. The van der Waals surface area contributed by atoms with E-state index in [0.29, 0.717) is 5.92 Å². The molecule has 3 aromatic rings. The van der Waals surface area contributed by atoms with E-state index < -0.39 is 0 Å². The van der Waals surface area contributed by atoms with E-state index in [0.717, 1.165) is 31.2 Å². The van der Waals surface area contributed by atoms with Crippen molar-refractivity contribution in [2.24, 2.45) is 0 Å². The number of nitrogens with zero attached hydrogens (tertiary/aromatic N) is 4. The zero-order valence-corrected chi connectivity index (χ0v) is 15.1. The lowest BCUT2D eigenvalue weighted by Crippen LogP contribution is -2.34. The van der Waals surface area contributed by atoms with Crippen LogP contribution in [0.1, 0.15) is 30.0 Å². The highest BCUT2D eigenvalue weighted by molar-refractivity contribution is 5.28. The molecule has 0 unspecified atom stereocenters. The minimum absolute atomic E-state index is 0.477. The fourth-order valence-electron chi connectivity index (χ4n) is 3.64. The number of pyridine rings is 1. The lowest BCUT2D eigenvalue weighted by Gasteiger charge is -2.32. The summed E-state index contributed by atoms with van der Waals surface area (Å²) < 4.78 is 7.21. The molecule has 0 radical (unpaired) electrons. The first kappa shape index (κ1) is 16.8. The van der Waals surface area contributed by atoms with Gasteiger partial charge in [0.05, 0.1) is 7.11 Å². The van der Waals surface area contributed by atoms with E-state index in [9.17, 15) is 0 Å². The fourth-order valence-corrected chi connectivity index (χ4v) is 3.64. The molecule has 0 amide bonds. The molecule has 134 valence electrons. The molecule has 0 spiro atoms. The van der Waals surface area contributed by atoms with Gasteiger partial charge in [-0.3, -0.25) is 9.47 Å². The number of methoxy groups -OCH3 is 1. The van der Waals surface area contributed by atoms with Crippen molar-refractivity contribution in [3.8, 4) is 11.6 Å². The molecule has 2 aromatic heterocycles. The Morgan fingerprint density at radius 1 is 1.15 bits per heavy atom. The maximum absolute atomic E-state index is 5.25. The number of likely N-dealkylation sites (tertiary alicyclic amines) is 1. The number of rotatable bonds is 5. The van der Waals surface area contributed by atoms with Crippen molar-refractivity contribution in [1.29, 1.82) is 0 Å². The van der Waals surface area contributed by atoms with Gasteiger partial charge >= 0.3 is 0 Å². The molecule has 4 rings (SSSR count). The Morgan fingerprint density at radius 2 is 2.04 bits per heavy atom. The Kier molecular flexibility index (Phi) is 4.97. The number of imidazole rings is 1. The SMILES string of the molecule is COc1ccc(CN2CCC[C@@H](c3cccc(-n4ccnc4)n3)C2)cc1. The van der Waals surface area contributed by atoms with Gasteiger partial charge in [-0.1, -0.05) is 18.2 Å². The first-order chi connectivity index (χ1) is 12.8. The summed E-state index contributed by atoms with van der Waals surface area (Å²) in [7, 11) is 1.70. The van der Waals surface area contributed by atoms with Crippen LogP contribution in [0.15, 0.2) is 61.2 Å². The predicted molar refractivity (Wildman–Crippen MR) is 102 cm³/mol. The molecule has 0 aliphatic carbocycles. The number of benzene rings is 1. The van der Waals surface area contributed by atoms with Crippen molar-refractivity contribution < 1.29 is 4.74 Å². The molecule has 5 heteroatoms. The van der Waals surface area contributed by atoms with E-state index in [1.807, 2.05) is 29.0 Å². The molecule has 0 saturated carbocycles. The number of hydrogen-bond acceptors (Lipinski definition) is 4. The molecule has 5 nitrogen and oxygen atoms in total. The highest BCUT2D eigenvalue weighted by Crippen LogP contribution is 2.27. The van der Waals surface area contributed by atoms with E-state index in [4.69, 9.17) is 9.72 Å². The lowest BCUT2D eigenvalue weighted by molar-refractivity contribution is 0.198. The fraction of sp³-hybridized carbons (Fsp3) is 0.333. The van der Waals surface area contributed by atoms with Gasteiger partial charge in [-0.25, -0.2) is 9.97 Å². The van der Waals surface area contributed by atoms with Crippen molar-refractivity contribution in [3.05, 3.63) is 72.4 Å². The third-order valence-electron chi connectivity index (χ3n) is 5.01.